The third-order valence-electron chi connectivity index (χ3n) is 2.17. The number of hydrogen-bond acceptors (Lipinski definition) is 2. The SMILES string of the molecule is CCC(=O)N(C)CC(=O)Nc1ccccc1. The quantitative estimate of drug-likeness (QED) is 0.835. The molecule has 0 atom stereocenters. The van der Waals surface area contributed by atoms with Gasteiger partial charge in [0.25, 0.3) is 0 Å². The summed E-state index contributed by atoms with van der Waals surface area (Å²) in [5.74, 6) is -0.223. The van der Waals surface area contributed by atoms with Gasteiger partial charge in [-0.3, -0.25) is 9.59 Å². The molecular weight excluding hydrogens is 204 g/mol. The molecule has 2 amide bonds. The predicted octanol–water partition coefficient (Wildman–Crippen LogP) is 1.49. The largest absolute Gasteiger partial charge is 0.336 e. The molecule has 86 valence electrons. The molecule has 0 aliphatic rings. The second-order valence-corrected chi connectivity index (χ2v) is 3.52. The van der Waals surface area contributed by atoms with Crippen molar-refractivity contribution in [3.05, 3.63) is 30.3 Å². The molecule has 0 fully saturated rings. The number of nitrogens with zero attached hydrogens (tertiary/aromatic N) is 1. The lowest BCUT2D eigenvalue weighted by Gasteiger charge is -2.15. The molecule has 0 heterocycles. The number of hydrogen-bond donors (Lipinski definition) is 1. The highest BCUT2D eigenvalue weighted by molar-refractivity contribution is 5.94. The summed E-state index contributed by atoms with van der Waals surface area (Å²) in [5.41, 5.74) is 0.741. The van der Waals surface area contributed by atoms with Crippen LogP contribution in [-0.2, 0) is 9.59 Å². The number of para-hydroxylation sites is 1. The van der Waals surface area contributed by atoms with Crippen LogP contribution in [0.3, 0.4) is 0 Å². The molecule has 0 radical (unpaired) electrons. The van der Waals surface area contributed by atoms with Crippen LogP contribution < -0.4 is 5.32 Å². The molecule has 0 saturated heterocycles. The van der Waals surface area contributed by atoms with Crippen molar-refractivity contribution in [3.63, 3.8) is 0 Å². The lowest BCUT2D eigenvalue weighted by atomic mass is 10.3. The Morgan fingerprint density at radius 2 is 1.88 bits per heavy atom. The van der Waals surface area contributed by atoms with Gasteiger partial charge in [-0.1, -0.05) is 25.1 Å². The van der Waals surface area contributed by atoms with E-state index in [0.29, 0.717) is 6.42 Å². The molecule has 0 aliphatic heterocycles. The first-order valence-corrected chi connectivity index (χ1v) is 5.22. The number of carbonyl (C=O) groups is 2. The maximum Gasteiger partial charge on any atom is 0.243 e. The van der Waals surface area contributed by atoms with Gasteiger partial charge >= 0.3 is 0 Å². The molecule has 0 spiro atoms. The van der Waals surface area contributed by atoms with E-state index in [2.05, 4.69) is 5.32 Å². The highest BCUT2D eigenvalue weighted by atomic mass is 16.2. The molecule has 0 aromatic heterocycles. The van der Waals surface area contributed by atoms with Crippen molar-refractivity contribution >= 4 is 17.5 Å². The summed E-state index contributed by atoms with van der Waals surface area (Å²) in [6, 6.07) is 9.18. The van der Waals surface area contributed by atoms with E-state index < -0.39 is 0 Å². The summed E-state index contributed by atoms with van der Waals surface area (Å²) in [6.07, 6.45) is 0.412. The van der Waals surface area contributed by atoms with Gasteiger partial charge in [-0.05, 0) is 12.1 Å². The van der Waals surface area contributed by atoms with Crippen molar-refractivity contribution in [1.29, 1.82) is 0 Å². The molecule has 1 aromatic carbocycles. The first-order valence-electron chi connectivity index (χ1n) is 5.22. The number of carbonyl (C=O) groups excluding carboxylic acids is 2. The van der Waals surface area contributed by atoms with Crippen LogP contribution in [0.5, 0.6) is 0 Å². The summed E-state index contributed by atoms with van der Waals surface area (Å²) in [5, 5.41) is 2.72. The van der Waals surface area contributed by atoms with Gasteiger partial charge < -0.3 is 10.2 Å². The van der Waals surface area contributed by atoms with Crippen molar-refractivity contribution in [1.82, 2.24) is 4.90 Å². The Hall–Kier alpha value is -1.84. The highest BCUT2D eigenvalue weighted by Gasteiger charge is 2.10. The van der Waals surface area contributed by atoms with Crippen LogP contribution in [-0.4, -0.2) is 30.3 Å². The van der Waals surface area contributed by atoms with Crippen molar-refractivity contribution in [2.45, 2.75) is 13.3 Å². The number of likely N-dealkylation sites (N-methyl/N-ethyl adjacent to an activating group) is 1. The van der Waals surface area contributed by atoms with Crippen LogP contribution in [0.2, 0.25) is 0 Å². The van der Waals surface area contributed by atoms with Crippen LogP contribution in [0.25, 0.3) is 0 Å². The van der Waals surface area contributed by atoms with Gasteiger partial charge in [-0.15, -0.1) is 0 Å². The molecule has 1 aromatic rings. The Balaban J connectivity index is 2.45. The van der Waals surface area contributed by atoms with E-state index in [1.54, 1.807) is 26.1 Å². The summed E-state index contributed by atoms with van der Waals surface area (Å²) in [6.45, 7) is 1.86. The van der Waals surface area contributed by atoms with E-state index >= 15 is 0 Å². The van der Waals surface area contributed by atoms with E-state index in [1.165, 1.54) is 4.90 Å². The van der Waals surface area contributed by atoms with E-state index in [0.717, 1.165) is 5.69 Å². The second kappa shape index (κ2) is 5.90. The molecule has 4 heteroatoms. The van der Waals surface area contributed by atoms with Gasteiger partial charge in [-0.2, -0.15) is 0 Å². The fraction of sp³-hybridized carbons (Fsp3) is 0.333. The third-order valence-corrected chi connectivity index (χ3v) is 2.17. The van der Waals surface area contributed by atoms with E-state index in [4.69, 9.17) is 0 Å². The Labute approximate surface area is 95.3 Å². The first-order chi connectivity index (χ1) is 7.63. The number of benzene rings is 1. The zero-order valence-electron chi connectivity index (χ0n) is 9.56. The minimum absolute atomic E-state index is 0.0387. The van der Waals surface area contributed by atoms with E-state index in [1.807, 2.05) is 18.2 Å². The van der Waals surface area contributed by atoms with Gasteiger partial charge in [0, 0.05) is 19.2 Å². The highest BCUT2D eigenvalue weighted by Crippen LogP contribution is 2.04. The van der Waals surface area contributed by atoms with Gasteiger partial charge in [-0.25, -0.2) is 0 Å². The molecule has 0 unspecified atom stereocenters. The van der Waals surface area contributed by atoms with Gasteiger partial charge in [0.05, 0.1) is 6.54 Å². The predicted molar refractivity (Wildman–Crippen MR) is 63.0 cm³/mol. The van der Waals surface area contributed by atoms with Crippen LogP contribution in [0.4, 0.5) is 5.69 Å². The topological polar surface area (TPSA) is 49.4 Å². The molecule has 0 bridgehead atoms. The molecular formula is C12H16N2O2. The molecule has 1 N–H and O–H groups in total. The number of rotatable bonds is 4. The maximum absolute atomic E-state index is 11.5. The molecule has 0 aliphatic carbocycles. The first kappa shape index (κ1) is 12.2. The van der Waals surface area contributed by atoms with Crippen molar-refractivity contribution < 1.29 is 9.59 Å². The monoisotopic (exact) mass is 220 g/mol. The fourth-order valence-electron chi connectivity index (χ4n) is 1.30. The smallest absolute Gasteiger partial charge is 0.243 e. The van der Waals surface area contributed by atoms with Crippen molar-refractivity contribution in [2.75, 3.05) is 18.9 Å². The minimum Gasteiger partial charge on any atom is -0.336 e. The lowest BCUT2D eigenvalue weighted by molar-refractivity contribution is -0.133. The van der Waals surface area contributed by atoms with E-state index in [-0.39, 0.29) is 18.4 Å². The number of amides is 2. The molecule has 16 heavy (non-hydrogen) atoms. The van der Waals surface area contributed by atoms with Crippen LogP contribution in [0, 0.1) is 0 Å². The van der Waals surface area contributed by atoms with Crippen LogP contribution in [0.15, 0.2) is 30.3 Å². The molecule has 0 saturated carbocycles. The summed E-state index contributed by atoms with van der Waals surface area (Å²) < 4.78 is 0. The standard InChI is InChI=1S/C12H16N2O2/c1-3-12(16)14(2)9-11(15)13-10-7-5-4-6-8-10/h4-8H,3,9H2,1-2H3,(H,13,15). The Bertz CT molecular complexity index is 363. The van der Waals surface area contributed by atoms with Gasteiger partial charge in [0.15, 0.2) is 0 Å². The lowest BCUT2D eigenvalue weighted by Crippen LogP contribution is -2.34. The minimum atomic E-state index is -0.185. The maximum atomic E-state index is 11.5. The number of nitrogens with one attached hydrogen (secondary N) is 1. The average molecular weight is 220 g/mol. The zero-order chi connectivity index (χ0) is 12.0. The van der Waals surface area contributed by atoms with Crippen LogP contribution in [0.1, 0.15) is 13.3 Å². The number of anilines is 1. The van der Waals surface area contributed by atoms with E-state index in [9.17, 15) is 9.59 Å². The van der Waals surface area contributed by atoms with Crippen molar-refractivity contribution in [3.8, 4) is 0 Å². The molecule has 1 rings (SSSR count). The fourth-order valence-corrected chi connectivity index (χ4v) is 1.30. The van der Waals surface area contributed by atoms with Crippen LogP contribution >= 0.6 is 0 Å². The normalized spacial score (nSPS) is 9.62. The van der Waals surface area contributed by atoms with Gasteiger partial charge in [0.2, 0.25) is 11.8 Å². The summed E-state index contributed by atoms with van der Waals surface area (Å²) in [4.78, 5) is 24.2. The zero-order valence-corrected chi connectivity index (χ0v) is 9.56. The average Bonchev–Trinajstić information content (AvgIpc) is 2.29. The summed E-state index contributed by atoms with van der Waals surface area (Å²) in [7, 11) is 1.62. The van der Waals surface area contributed by atoms with Gasteiger partial charge in [0.1, 0.15) is 0 Å². The Morgan fingerprint density at radius 3 is 2.44 bits per heavy atom. The molecule has 4 nitrogen and oxygen atoms in total. The Kier molecular flexibility index (Phi) is 4.51. The second-order valence-electron chi connectivity index (χ2n) is 3.52. The van der Waals surface area contributed by atoms with Crippen molar-refractivity contribution in [2.24, 2.45) is 0 Å². The third kappa shape index (κ3) is 3.73. The Morgan fingerprint density at radius 1 is 1.25 bits per heavy atom. The summed E-state index contributed by atoms with van der Waals surface area (Å²) >= 11 is 0.